The van der Waals surface area contributed by atoms with E-state index < -0.39 is 89.6 Å². The van der Waals surface area contributed by atoms with Crippen molar-refractivity contribution in [2.45, 2.75) is 148 Å². The fourth-order valence-corrected chi connectivity index (χ4v) is 8.30. The molecule has 2 fully saturated rings. The van der Waals surface area contributed by atoms with Crippen molar-refractivity contribution in [3.63, 3.8) is 0 Å². The van der Waals surface area contributed by atoms with Crippen molar-refractivity contribution in [3.05, 3.63) is 30.1 Å². The molecule has 3 rings (SSSR count). The maximum atomic E-state index is 14.2. The quantitative estimate of drug-likeness (QED) is 0.0807. The maximum Gasteiger partial charge on any atom is 0.312 e. The van der Waals surface area contributed by atoms with Crippen molar-refractivity contribution in [2.24, 2.45) is 28.8 Å². The first-order valence-electron chi connectivity index (χ1n) is 20.5. The zero-order valence-corrected chi connectivity index (χ0v) is 36.9. The Morgan fingerprint density at radius 1 is 1.05 bits per heavy atom. The molecule has 2 saturated heterocycles. The summed E-state index contributed by atoms with van der Waals surface area (Å²) in [4.78, 5) is 52.0. The number of esters is 3. The summed E-state index contributed by atoms with van der Waals surface area (Å²) < 4.78 is 41.6. The van der Waals surface area contributed by atoms with Gasteiger partial charge in [-0.2, -0.15) is 0 Å². The first kappa shape index (κ1) is 50.1. The molecule has 0 amide bonds. The average Bonchev–Trinajstić information content (AvgIpc) is 3.16. The maximum absolute atomic E-state index is 14.2. The van der Waals surface area contributed by atoms with Crippen LogP contribution in [0.2, 0.25) is 0 Å². The molecule has 14 atom stereocenters. The van der Waals surface area contributed by atoms with E-state index in [0.29, 0.717) is 18.6 Å². The predicted octanol–water partition coefficient (Wildman–Crippen LogP) is 3.04. The van der Waals surface area contributed by atoms with Crippen molar-refractivity contribution in [3.8, 4) is 0 Å². The second-order valence-corrected chi connectivity index (χ2v) is 16.8. The van der Waals surface area contributed by atoms with Gasteiger partial charge in [-0.05, 0) is 72.7 Å². The van der Waals surface area contributed by atoms with Gasteiger partial charge in [-0.3, -0.25) is 19.4 Å². The molecule has 0 radical (unpaired) electrons. The van der Waals surface area contributed by atoms with Gasteiger partial charge in [-0.1, -0.05) is 38.9 Å². The van der Waals surface area contributed by atoms with Crippen LogP contribution in [0.15, 0.2) is 29.7 Å². The molecular weight excluding hydrogens is 770 g/mol. The molecule has 0 bridgehead atoms. The molecule has 0 aliphatic carbocycles. The Hall–Kier alpha value is -3.29. The van der Waals surface area contributed by atoms with Gasteiger partial charge in [0.1, 0.15) is 17.8 Å². The molecule has 0 saturated carbocycles. The van der Waals surface area contributed by atoms with E-state index in [2.05, 4.69) is 10.1 Å². The van der Waals surface area contributed by atoms with E-state index in [0.717, 1.165) is 0 Å². The van der Waals surface area contributed by atoms with Crippen molar-refractivity contribution >= 4 is 23.6 Å². The minimum atomic E-state index is -2.00. The van der Waals surface area contributed by atoms with E-state index in [1.165, 1.54) is 34.1 Å². The molecular formula is C42H69N3O14. The fourth-order valence-electron chi connectivity index (χ4n) is 8.30. The second kappa shape index (κ2) is 22.5. The standard InChI is InChI=1S/C42H69N3O14/c1-13-32-42(9,51)37(48)26(4)34(44-54-23-53-18-17-52-12)24(2)21-41(8,50)38(59-40-36(56-29(7)46)31(45(10)11)19-25(3)55-40)27(5)35(28(6)39(49)57-32)58-33(47)20-30-15-14-16-43-22-30/h14-16,22,24-28,31-32,35-38,40,48,50-51H,13,17-21,23H2,1-12H3/b44-34+/t24-,25-,26+,27+,28-,31+,32-,35+,36-,37-,38-,40+,41-,42-/m1/s1. The van der Waals surface area contributed by atoms with Crippen LogP contribution in [-0.4, -0.2) is 150 Å². The second-order valence-electron chi connectivity index (χ2n) is 16.8. The highest BCUT2D eigenvalue weighted by Gasteiger charge is 2.52. The SMILES string of the molecule is CC[C@H]1OC(=O)[C@H](C)[C@@H](OC(=O)Cc2cccnc2)[C@H](C)[C@@H](O[C@@H]2O[C@H](C)C[C@H](N(C)C)[C@H]2OC(C)=O)[C@](C)(O)C[C@@H](C)/C(=N\OCOCCOC)[C@H](C)[C@@H](O)[C@]1(C)O. The zero-order valence-electron chi connectivity index (χ0n) is 36.9. The zero-order chi connectivity index (χ0) is 44.2. The van der Waals surface area contributed by atoms with Gasteiger partial charge in [0, 0.05) is 44.2 Å². The third kappa shape index (κ3) is 13.6. The summed E-state index contributed by atoms with van der Waals surface area (Å²) in [5, 5.41) is 40.9. The van der Waals surface area contributed by atoms with E-state index in [9.17, 15) is 29.7 Å². The summed E-state index contributed by atoms with van der Waals surface area (Å²) in [6.45, 7) is 14.7. The Bertz CT molecular complexity index is 1510. The van der Waals surface area contributed by atoms with Crippen LogP contribution in [-0.2, 0) is 58.8 Å². The summed E-state index contributed by atoms with van der Waals surface area (Å²) in [6.07, 6.45) is -4.37. The summed E-state index contributed by atoms with van der Waals surface area (Å²) in [5.41, 5.74) is -3.01. The number of cyclic esters (lactones) is 1. The Morgan fingerprint density at radius 2 is 1.75 bits per heavy atom. The number of ether oxygens (including phenoxy) is 7. The molecule has 59 heavy (non-hydrogen) atoms. The van der Waals surface area contributed by atoms with Crippen LogP contribution in [0.5, 0.6) is 0 Å². The van der Waals surface area contributed by atoms with Gasteiger partial charge in [0.2, 0.25) is 6.79 Å². The number of aliphatic hydroxyl groups is 3. The molecule has 0 aromatic carbocycles. The average molecular weight is 840 g/mol. The number of methoxy groups -OCH3 is 1. The van der Waals surface area contributed by atoms with Crippen LogP contribution in [0.4, 0.5) is 0 Å². The van der Waals surface area contributed by atoms with Crippen molar-refractivity contribution < 1.29 is 67.7 Å². The van der Waals surface area contributed by atoms with Gasteiger partial charge in [-0.15, -0.1) is 0 Å². The van der Waals surface area contributed by atoms with Crippen molar-refractivity contribution in [1.82, 2.24) is 9.88 Å². The molecule has 2 aliphatic heterocycles. The number of carbonyl (C=O) groups excluding carboxylic acids is 3. The Labute approximate surface area is 349 Å². The summed E-state index contributed by atoms with van der Waals surface area (Å²) >= 11 is 0. The van der Waals surface area contributed by atoms with Crippen LogP contribution in [0.3, 0.4) is 0 Å². The highest BCUT2D eigenvalue weighted by Crippen LogP contribution is 2.39. The highest BCUT2D eigenvalue weighted by molar-refractivity contribution is 5.88. The molecule has 1 aromatic heterocycles. The number of nitrogens with zero attached hydrogens (tertiary/aromatic N) is 3. The van der Waals surface area contributed by atoms with E-state index in [-0.39, 0.29) is 50.5 Å². The van der Waals surface area contributed by atoms with Gasteiger partial charge in [0.15, 0.2) is 12.4 Å². The van der Waals surface area contributed by atoms with Gasteiger partial charge < -0.3 is 58.2 Å². The van der Waals surface area contributed by atoms with Crippen molar-refractivity contribution in [2.75, 3.05) is 41.2 Å². The first-order chi connectivity index (χ1) is 27.7. The topological polar surface area (TPSA) is 214 Å². The van der Waals surface area contributed by atoms with Gasteiger partial charge >= 0.3 is 17.9 Å². The molecule has 2 aliphatic rings. The van der Waals surface area contributed by atoms with Crippen LogP contribution in [0, 0.1) is 23.7 Å². The summed E-state index contributed by atoms with van der Waals surface area (Å²) in [5.74, 6) is -5.79. The van der Waals surface area contributed by atoms with Crippen LogP contribution >= 0.6 is 0 Å². The van der Waals surface area contributed by atoms with Gasteiger partial charge in [-0.25, -0.2) is 0 Å². The van der Waals surface area contributed by atoms with E-state index in [1.807, 2.05) is 25.9 Å². The van der Waals surface area contributed by atoms with Crippen LogP contribution in [0.1, 0.15) is 87.1 Å². The number of aromatic nitrogens is 1. The minimum Gasteiger partial charge on any atom is -0.461 e. The number of rotatable bonds is 14. The number of pyridine rings is 1. The molecule has 17 heteroatoms. The lowest BCUT2D eigenvalue weighted by Crippen LogP contribution is -2.61. The van der Waals surface area contributed by atoms with E-state index in [1.54, 1.807) is 52.9 Å². The molecule has 17 nitrogen and oxygen atoms in total. The Balaban J connectivity index is 2.24. The molecule has 336 valence electrons. The lowest BCUT2D eigenvalue weighted by atomic mass is 9.73. The predicted molar refractivity (Wildman–Crippen MR) is 215 cm³/mol. The van der Waals surface area contributed by atoms with Crippen LogP contribution < -0.4 is 0 Å². The summed E-state index contributed by atoms with van der Waals surface area (Å²) in [7, 11) is 5.24. The lowest BCUT2D eigenvalue weighted by molar-refractivity contribution is -0.301. The van der Waals surface area contributed by atoms with Crippen LogP contribution in [0.25, 0.3) is 0 Å². The number of carbonyl (C=O) groups is 3. The van der Waals surface area contributed by atoms with Gasteiger partial charge in [0.25, 0.3) is 0 Å². The highest BCUT2D eigenvalue weighted by atomic mass is 16.7. The Kier molecular flexibility index (Phi) is 19.1. The molecule has 0 spiro atoms. The van der Waals surface area contributed by atoms with E-state index >= 15 is 0 Å². The third-order valence-electron chi connectivity index (χ3n) is 11.4. The summed E-state index contributed by atoms with van der Waals surface area (Å²) in [6, 6.07) is 3.06. The number of hydrogen-bond donors (Lipinski definition) is 3. The minimum absolute atomic E-state index is 0.0854. The Morgan fingerprint density at radius 3 is 2.34 bits per heavy atom. The lowest BCUT2D eigenvalue weighted by Gasteiger charge is -2.48. The largest absolute Gasteiger partial charge is 0.461 e. The molecule has 3 N–H and O–H groups in total. The molecule has 3 heterocycles. The van der Waals surface area contributed by atoms with Gasteiger partial charge in [0.05, 0.1) is 61.2 Å². The number of likely N-dealkylation sites (N-methyl/N-ethyl adjacent to an activating group) is 1. The smallest absolute Gasteiger partial charge is 0.312 e. The molecule has 1 aromatic rings. The van der Waals surface area contributed by atoms with Crippen molar-refractivity contribution in [1.29, 1.82) is 0 Å². The number of hydrogen-bond acceptors (Lipinski definition) is 17. The molecule has 0 unspecified atom stereocenters. The van der Waals surface area contributed by atoms with E-state index in [4.69, 9.17) is 38.0 Å². The third-order valence-corrected chi connectivity index (χ3v) is 11.4. The normalized spacial score (nSPS) is 37.0. The first-order valence-corrected chi connectivity index (χ1v) is 20.5. The fraction of sp³-hybridized carbons (Fsp3) is 0.786. The number of aliphatic hydroxyl groups excluding tert-OH is 1. The number of oxime groups is 1. The monoisotopic (exact) mass is 839 g/mol.